The van der Waals surface area contributed by atoms with E-state index in [1.54, 1.807) is 0 Å². The third-order valence-electron chi connectivity index (χ3n) is 2.25. The van der Waals surface area contributed by atoms with Gasteiger partial charge in [-0.2, -0.15) is 0 Å². The van der Waals surface area contributed by atoms with Gasteiger partial charge in [-0.1, -0.05) is 34.1 Å². The van der Waals surface area contributed by atoms with Gasteiger partial charge in [0, 0.05) is 15.7 Å². The Balaban J connectivity index is 2.57. The van der Waals surface area contributed by atoms with Crippen LogP contribution >= 0.6 is 15.9 Å². The topological polar surface area (TPSA) is 71.8 Å². The van der Waals surface area contributed by atoms with Crippen LogP contribution in [0.5, 0.6) is 0 Å². The van der Waals surface area contributed by atoms with Gasteiger partial charge in [0.15, 0.2) is 5.82 Å². The van der Waals surface area contributed by atoms with Crippen LogP contribution < -0.4 is 5.73 Å². The van der Waals surface area contributed by atoms with Gasteiger partial charge < -0.3 is 10.7 Å². The SMILES string of the molecule is Cc1[nH]c(C(N)=O)nc1-c1ccccc1Br. The fourth-order valence-electron chi connectivity index (χ4n) is 1.49. The van der Waals surface area contributed by atoms with Crippen molar-refractivity contribution in [3.8, 4) is 11.3 Å². The van der Waals surface area contributed by atoms with Gasteiger partial charge in [-0.15, -0.1) is 0 Å². The highest BCUT2D eigenvalue weighted by molar-refractivity contribution is 9.10. The van der Waals surface area contributed by atoms with Crippen LogP contribution in [0.3, 0.4) is 0 Å². The lowest BCUT2D eigenvalue weighted by Crippen LogP contribution is -2.12. The minimum atomic E-state index is -0.554. The van der Waals surface area contributed by atoms with E-state index >= 15 is 0 Å². The number of nitrogens with one attached hydrogen (secondary N) is 1. The Bertz CT molecular complexity index is 548. The Hall–Kier alpha value is -1.62. The Morgan fingerprint density at radius 2 is 2.12 bits per heavy atom. The molecule has 1 aromatic carbocycles. The van der Waals surface area contributed by atoms with Crippen LogP contribution in [0.4, 0.5) is 0 Å². The monoisotopic (exact) mass is 279 g/mol. The number of H-pyrrole nitrogens is 1. The molecule has 1 amide bonds. The van der Waals surface area contributed by atoms with Crippen LogP contribution in [-0.4, -0.2) is 15.9 Å². The molecule has 0 aliphatic heterocycles. The molecule has 0 saturated carbocycles. The van der Waals surface area contributed by atoms with Crippen LogP contribution in [-0.2, 0) is 0 Å². The summed E-state index contributed by atoms with van der Waals surface area (Å²) in [6.07, 6.45) is 0. The van der Waals surface area contributed by atoms with Gasteiger partial charge in [0.2, 0.25) is 0 Å². The second-order valence-corrected chi connectivity index (χ2v) is 4.26. The number of hydrogen-bond acceptors (Lipinski definition) is 2. The summed E-state index contributed by atoms with van der Waals surface area (Å²) >= 11 is 3.44. The number of carbonyl (C=O) groups excluding carboxylic acids is 1. The standard InChI is InChI=1S/C11H10BrN3O/c1-6-9(15-11(14-6)10(13)16)7-4-2-3-5-8(7)12/h2-5H,1H3,(H2,13,16)(H,14,15). The average Bonchev–Trinajstić information content (AvgIpc) is 2.61. The molecule has 82 valence electrons. The molecule has 0 saturated heterocycles. The van der Waals surface area contributed by atoms with Gasteiger partial charge in [0.05, 0.1) is 5.69 Å². The number of carbonyl (C=O) groups is 1. The number of benzene rings is 1. The van der Waals surface area contributed by atoms with Crippen molar-refractivity contribution in [2.24, 2.45) is 5.73 Å². The zero-order chi connectivity index (χ0) is 11.7. The number of nitrogens with zero attached hydrogens (tertiary/aromatic N) is 1. The maximum Gasteiger partial charge on any atom is 0.284 e. The molecule has 2 rings (SSSR count). The average molecular weight is 280 g/mol. The van der Waals surface area contributed by atoms with Crippen molar-refractivity contribution in [2.75, 3.05) is 0 Å². The Labute approximate surface area is 101 Å². The highest BCUT2D eigenvalue weighted by Crippen LogP contribution is 2.28. The third-order valence-corrected chi connectivity index (χ3v) is 2.94. The van der Waals surface area contributed by atoms with Gasteiger partial charge in [-0.05, 0) is 13.0 Å². The number of nitrogens with two attached hydrogens (primary N) is 1. The first-order valence-corrected chi connectivity index (χ1v) is 5.50. The molecule has 0 bridgehead atoms. The minimum Gasteiger partial charge on any atom is -0.363 e. The van der Waals surface area contributed by atoms with Crippen LogP contribution in [0, 0.1) is 6.92 Å². The summed E-state index contributed by atoms with van der Waals surface area (Å²) < 4.78 is 0.931. The lowest BCUT2D eigenvalue weighted by Gasteiger charge is -2.00. The van der Waals surface area contributed by atoms with Crippen molar-refractivity contribution in [2.45, 2.75) is 6.92 Å². The van der Waals surface area contributed by atoms with Crippen molar-refractivity contribution in [3.05, 3.63) is 40.3 Å². The fraction of sp³-hybridized carbons (Fsp3) is 0.0909. The molecule has 0 fully saturated rings. The zero-order valence-electron chi connectivity index (χ0n) is 8.62. The molecule has 1 aromatic heterocycles. The summed E-state index contributed by atoms with van der Waals surface area (Å²) in [5.41, 5.74) is 7.66. The smallest absolute Gasteiger partial charge is 0.284 e. The summed E-state index contributed by atoms with van der Waals surface area (Å²) in [5.74, 6) is -0.371. The van der Waals surface area contributed by atoms with Crippen molar-refractivity contribution in [1.82, 2.24) is 9.97 Å². The number of hydrogen-bond donors (Lipinski definition) is 2. The maximum atomic E-state index is 11.0. The number of imidazole rings is 1. The second-order valence-electron chi connectivity index (χ2n) is 3.40. The molecule has 0 aliphatic rings. The highest BCUT2D eigenvalue weighted by Gasteiger charge is 2.13. The van der Waals surface area contributed by atoms with Crippen LogP contribution in [0.25, 0.3) is 11.3 Å². The van der Waals surface area contributed by atoms with Crippen molar-refractivity contribution in [1.29, 1.82) is 0 Å². The van der Waals surface area contributed by atoms with E-state index in [0.29, 0.717) is 0 Å². The minimum absolute atomic E-state index is 0.184. The molecule has 0 unspecified atom stereocenters. The Morgan fingerprint density at radius 3 is 2.69 bits per heavy atom. The van der Waals surface area contributed by atoms with E-state index in [9.17, 15) is 4.79 Å². The van der Waals surface area contributed by atoms with Gasteiger partial charge in [-0.3, -0.25) is 4.79 Å². The lowest BCUT2D eigenvalue weighted by molar-refractivity contribution is 0.0991. The summed E-state index contributed by atoms with van der Waals surface area (Å²) in [4.78, 5) is 18.0. The molecule has 2 aromatic rings. The molecular formula is C11H10BrN3O. The van der Waals surface area contributed by atoms with Gasteiger partial charge in [0.1, 0.15) is 0 Å². The lowest BCUT2D eigenvalue weighted by atomic mass is 10.1. The molecule has 0 atom stereocenters. The van der Waals surface area contributed by atoms with E-state index in [2.05, 4.69) is 25.9 Å². The number of rotatable bonds is 2. The van der Waals surface area contributed by atoms with Gasteiger partial charge >= 0.3 is 0 Å². The molecule has 16 heavy (non-hydrogen) atoms. The summed E-state index contributed by atoms with van der Waals surface area (Å²) in [6, 6.07) is 7.69. The molecule has 5 heteroatoms. The van der Waals surface area contributed by atoms with Crippen molar-refractivity contribution >= 4 is 21.8 Å². The van der Waals surface area contributed by atoms with E-state index in [-0.39, 0.29) is 5.82 Å². The molecule has 0 spiro atoms. The number of halogens is 1. The molecule has 0 aliphatic carbocycles. The van der Waals surface area contributed by atoms with Crippen molar-refractivity contribution < 1.29 is 4.79 Å². The third kappa shape index (κ3) is 1.86. The first-order valence-electron chi connectivity index (χ1n) is 4.71. The molecule has 3 N–H and O–H groups in total. The highest BCUT2D eigenvalue weighted by atomic mass is 79.9. The fourth-order valence-corrected chi connectivity index (χ4v) is 1.97. The second kappa shape index (κ2) is 4.09. The number of amides is 1. The number of primary amides is 1. The molecule has 1 heterocycles. The number of aromatic nitrogens is 2. The maximum absolute atomic E-state index is 11.0. The first-order chi connectivity index (χ1) is 7.59. The zero-order valence-corrected chi connectivity index (χ0v) is 10.2. The predicted molar refractivity (Wildman–Crippen MR) is 65.0 cm³/mol. The summed E-state index contributed by atoms with van der Waals surface area (Å²) in [6.45, 7) is 1.86. The van der Waals surface area contributed by atoms with E-state index in [1.807, 2.05) is 31.2 Å². The van der Waals surface area contributed by atoms with E-state index < -0.39 is 5.91 Å². The quantitative estimate of drug-likeness (QED) is 0.885. The first kappa shape index (κ1) is 10.9. The molecular weight excluding hydrogens is 270 g/mol. The van der Waals surface area contributed by atoms with E-state index in [1.165, 1.54) is 0 Å². The van der Waals surface area contributed by atoms with Crippen LogP contribution in [0.1, 0.15) is 16.3 Å². The van der Waals surface area contributed by atoms with Crippen LogP contribution in [0.15, 0.2) is 28.7 Å². The van der Waals surface area contributed by atoms with Crippen molar-refractivity contribution in [3.63, 3.8) is 0 Å². The molecule has 0 radical (unpaired) electrons. The largest absolute Gasteiger partial charge is 0.363 e. The van der Waals surface area contributed by atoms with E-state index in [0.717, 1.165) is 21.4 Å². The van der Waals surface area contributed by atoms with E-state index in [4.69, 9.17) is 5.73 Å². The Morgan fingerprint density at radius 1 is 1.44 bits per heavy atom. The number of aromatic amines is 1. The number of aryl methyl sites for hydroxylation is 1. The van der Waals surface area contributed by atoms with Gasteiger partial charge in [0.25, 0.3) is 5.91 Å². The van der Waals surface area contributed by atoms with Gasteiger partial charge in [-0.25, -0.2) is 4.98 Å². The summed E-state index contributed by atoms with van der Waals surface area (Å²) in [5, 5.41) is 0. The van der Waals surface area contributed by atoms with Crippen LogP contribution in [0.2, 0.25) is 0 Å². The summed E-state index contributed by atoms with van der Waals surface area (Å²) in [7, 11) is 0. The predicted octanol–water partition coefficient (Wildman–Crippen LogP) is 2.25. The Kier molecular flexibility index (Phi) is 2.78. The normalized spacial score (nSPS) is 10.4. The molecule has 4 nitrogen and oxygen atoms in total.